The van der Waals surface area contributed by atoms with Crippen molar-refractivity contribution in [1.29, 1.82) is 0 Å². The van der Waals surface area contributed by atoms with Crippen molar-refractivity contribution in [2.24, 2.45) is 0 Å². The molecule has 0 unspecified atom stereocenters. The highest BCUT2D eigenvalue weighted by Gasteiger charge is 2.30. The van der Waals surface area contributed by atoms with Crippen molar-refractivity contribution in [2.75, 3.05) is 6.61 Å². The largest absolute Gasteiger partial charge is 0.484 e. The molecule has 0 aromatic heterocycles. The van der Waals surface area contributed by atoms with E-state index in [1.807, 2.05) is 0 Å². The Morgan fingerprint density at radius 1 is 1.08 bits per heavy atom. The lowest BCUT2D eigenvalue weighted by Crippen LogP contribution is -2.28. The van der Waals surface area contributed by atoms with Gasteiger partial charge in [0, 0.05) is 12.1 Å². The molecule has 0 saturated heterocycles. The maximum atomic E-state index is 12.6. The summed E-state index contributed by atoms with van der Waals surface area (Å²) in [6.07, 6.45) is -4.43. The van der Waals surface area contributed by atoms with Gasteiger partial charge in [0.15, 0.2) is 12.4 Å². The first kappa shape index (κ1) is 18.5. The van der Waals surface area contributed by atoms with Crippen LogP contribution < -0.4 is 10.1 Å². The highest BCUT2D eigenvalue weighted by Crippen LogP contribution is 2.29. The number of hydrogen-bond donors (Lipinski definition) is 1. The van der Waals surface area contributed by atoms with Gasteiger partial charge in [0.25, 0.3) is 5.91 Å². The summed E-state index contributed by atoms with van der Waals surface area (Å²) in [6, 6.07) is 11.1. The molecule has 1 N–H and O–H groups in total. The van der Waals surface area contributed by atoms with Crippen molar-refractivity contribution in [1.82, 2.24) is 5.32 Å². The Morgan fingerprint density at radius 3 is 2.48 bits per heavy atom. The fourth-order valence-corrected chi connectivity index (χ4v) is 2.06. The molecule has 7 heteroatoms. The summed E-state index contributed by atoms with van der Waals surface area (Å²) in [5.41, 5.74) is 0.0279. The molecule has 132 valence electrons. The second-order valence-electron chi connectivity index (χ2n) is 5.35. The standard InChI is InChI=1S/C18H16F3NO3/c1-12(23)14-5-3-7-16(9-14)25-11-17(24)22-10-13-4-2-6-15(8-13)18(19,20)21/h2-9H,10-11H2,1H3,(H,22,24). The van der Waals surface area contributed by atoms with Crippen LogP contribution in [0.2, 0.25) is 0 Å². The monoisotopic (exact) mass is 351 g/mol. The first-order chi connectivity index (χ1) is 11.8. The molecule has 0 radical (unpaired) electrons. The zero-order valence-corrected chi connectivity index (χ0v) is 13.4. The quantitative estimate of drug-likeness (QED) is 0.809. The van der Waals surface area contributed by atoms with Crippen LogP contribution in [0.3, 0.4) is 0 Å². The van der Waals surface area contributed by atoms with Crippen LogP contribution in [0, 0.1) is 0 Å². The van der Waals surface area contributed by atoms with Crippen LogP contribution in [0.25, 0.3) is 0 Å². The summed E-state index contributed by atoms with van der Waals surface area (Å²) >= 11 is 0. The Balaban J connectivity index is 1.87. The SMILES string of the molecule is CC(=O)c1cccc(OCC(=O)NCc2cccc(C(F)(F)F)c2)c1. The lowest BCUT2D eigenvalue weighted by molar-refractivity contribution is -0.137. The van der Waals surface area contributed by atoms with E-state index in [9.17, 15) is 22.8 Å². The number of ketones is 1. The Bertz CT molecular complexity index is 772. The van der Waals surface area contributed by atoms with Gasteiger partial charge >= 0.3 is 6.18 Å². The van der Waals surface area contributed by atoms with Crippen LogP contribution in [0.1, 0.15) is 28.4 Å². The fourth-order valence-electron chi connectivity index (χ4n) is 2.06. The van der Waals surface area contributed by atoms with Crippen LogP contribution in [-0.2, 0) is 17.5 Å². The van der Waals surface area contributed by atoms with Crippen molar-refractivity contribution in [3.63, 3.8) is 0 Å². The van der Waals surface area contributed by atoms with Gasteiger partial charge in [-0.1, -0.05) is 24.3 Å². The average molecular weight is 351 g/mol. The summed E-state index contributed by atoms with van der Waals surface area (Å²) in [5.74, 6) is -0.244. The normalized spacial score (nSPS) is 11.0. The molecule has 1 amide bonds. The number of hydrogen-bond acceptors (Lipinski definition) is 3. The van der Waals surface area contributed by atoms with Crippen LogP contribution >= 0.6 is 0 Å². The summed E-state index contributed by atoms with van der Waals surface area (Å²) in [7, 11) is 0. The molecule has 0 bridgehead atoms. The van der Waals surface area contributed by atoms with Gasteiger partial charge in [-0.15, -0.1) is 0 Å². The molecule has 0 saturated carbocycles. The molecule has 4 nitrogen and oxygen atoms in total. The van der Waals surface area contributed by atoms with E-state index in [4.69, 9.17) is 4.74 Å². The third-order valence-electron chi connectivity index (χ3n) is 3.35. The lowest BCUT2D eigenvalue weighted by Gasteiger charge is -2.10. The van der Waals surface area contributed by atoms with E-state index in [1.54, 1.807) is 18.2 Å². The highest BCUT2D eigenvalue weighted by atomic mass is 19.4. The van der Waals surface area contributed by atoms with E-state index in [-0.39, 0.29) is 18.9 Å². The Morgan fingerprint density at radius 2 is 1.80 bits per heavy atom. The van der Waals surface area contributed by atoms with Crippen molar-refractivity contribution in [3.8, 4) is 5.75 Å². The Hall–Kier alpha value is -2.83. The predicted octanol–water partition coefficient (Wildman–Crippen LogP) is 3.60. The van der Waals surface area contributed by atoms with E-state index in [1.165, 1.54) is 25.1 Å². The van der Waals surface area contributed by atoms with Gasteiger partial charge in [0.1, 0.15) is 5.75 Å². The molecule has 0 aliphatic rings. The van der Waals surface area contributed by atoms with E-state index in [0.29, 0.717) is 16.9 Å². The predicted molar refractivity (Wildman–Crippen MR) is 85.2 cm³/mol. The smallest absolute Gasteiger partial charge is 0.416 e. The third kappa shape index (κ3) is 5.63. The van der Waals surface area contributed by atoms with Gasteiger partial charge in [0.05, 0.1) is 5.56 Å². The first-order valence-corrected chi connectivity index (χ1v) is 7.42. The van der Waals surface area contributed by atoms with Gasteiger partial charge in [-0.25, -0.2) is 0 Å². The minimum Gasteiger partial charge on any atom is -0.484 e. The van der Waals surface area contributed by atoms with E-state index < -0.39 is 17.6 Å². The first-order valence-electron chi connectivity index (χ1n) is 7.42. The molecule has 0 fully saturated rings. The number of Topliss-reactive ketones (excluding diaryl/α,β-unsaturated/α-hetero) is 1. The van der Waals surface area contributed by atoms with Crippen molar-refractivity contribution in [2.45, 2.75) is 19.6 Å². The molecule has 0 atom stereocenters. The topological polar surface area (TPSA) is 55.4 Å². The number of rotatable bonds is 6. The minimum atomic E-state index is -4.43. The number of halogens is 3. The lowest BCUT2D eigenvalue weighted by atomic mass is 10.1. The number of carbonyl (C=O) groups is 2. The fraction of sp³-hybridized carbons (Fsp3) is 0.222. The van der Waals surface area contributed by atoms with Crippen LogP contribution in [0.4, 0.5) is 13.2 Å². The highest BCUT2D eigenvalue weighted by molar-refractivity contribution is 5.94. The van der Waals surface area contributed by atoms with Crippen molar-refractivity contribution >= 4 is 11.7 Å². The average Bonchev–Trinajstić information content (AvgIpc) is 2.58. The molecule has 2 aromatic carbocycles. The van der Waals surface area contributed by atoms with E-state index in [0.717, 1.165) is 12.1 Å². The molecule has 2 aromatic rings. The van der Waals surface area contributed by atoms with Gasteiger partial charge in [-0.2, -0.15) is 13.2 Å². The van der Waals surface area contributed by atoms with Gasteiger partial charge in [-0.05, 0) is 36.8 Å². The molecule has 0 aliphatic carbocycles. The third-order valence-corrected chi connectivity index (χ3v) is 3.35. The minimum absolute atomic E-state index is 0.0421. The molecule has 0 spiro atoms. The van der Waals surface area contributed by atoms with Crippen LogP contribution in [-0.4, -0.2) is 18.3 Å². The second kappa shape index (κ2) is 7.83. The van der Waals surface area contributed by atoms with E-state index >= 15 is 0 Å². The number of carbonyl (C=O) groups excluding carboxylic acids is 2. The van der Waals surface area contributed by atoms with Gasteiger partial charge in [-0.3, -0.25) is 9.59 Å². The second-order valence-corrected chi connectivity index (χ2v) is 5.35. The maximum Gasteiger partial charge on any atom is 0.416 e. The van der Waals surface area contributed by atoms with Crippen molar-refractivity contribution in [3.05, 3.63) is 65.2 Å². The molecule has 2 rings (SSSR count). The number of ether oxygens (including phenoxy) is 1. The molecule has 25 heavy (non-hydrogen) atoms. The van der Waals surface area contributed by atoms with Gasteiger partial charge < -0.3 is 10.1 Å². The zero-order chi connectivity index (χ0) is 18.4. The molecular weight excluding hydrogens is 335 g/mol. The summed E-state index contributed by atoms with van der Waals surface area (Å²) in [4.78, 5) is 23.0. The molecular formula is C18H16F3NO3. The Kier molecular flexibility index (Phi) is 5.80. The molecule has 0 heterocycles. The molecule has 0 aliphatic heterocycles. The number of alkyl halides is 3. The Labute approximate surface area is 142 Å². The van der Waals surface area contributed by atoms with Crippen LogP contribution in [0.5, 0.6) is 5.75 Å². The van der Waals surface area contributed by atoms with Crippen molar-refractivity contribution < 1.29 is 27.5 Å². The number of nitrogens with one attached hydrogen (secondary N) is 1. The number of benzene rings is 2. The zero-order valence-electron chi connectivity index (χ0n) is 13.4. The van der Waals surface area contributed by atoms with Crippen LogP contribution in [0.15, 0.2) is 48.5 Å². The number of amides is 1. The summed E-state index contributed by atoms with van der Waals surface area (Å²) in [6.45, 7) is 1.07. The maximum absolute atomic E-state index is 12.6. The summed E-state index contributed by atoms with van der Waals surface area (Å²) in [5, 5.41) is 2.49. The van der Waals surface area contributed by atoms with Gasteiger partial charge in [0.2, 0.25) is 0 Å². The summed E-state index contributed by atoms with van der Waals surface area (Å²) < 4.78 is 43.2. The van der Waals surface area contributed by atoms with E-state index in [2.05, 4.69) is 5.32 Å².